The van der Waals surface area contributed by atoms with E-state index in [9.17, 15) is 24.3 Å². The molecule has 4 atom stereocenters. The second kappa shape index (κ2) is 13.5. The molecule has 0 spiro atoms. The van der Waals surface area contributed by atoms with Crippen LogP contribution in [0.5, 0.6) is 0 Å². The summed E-state index contributed by atoms with van der Waals surface area (Å²) in [7, 11) is 0. The van der Waals surface area contributed by atoms with Crippen molar-refractivity contribution in [3.05, 3.63) is 0 Å². The Morgan fingerprint density at radius 2 is 1.77 bits per heavy atom. The molecule has 0 aliphatic carbocycles. The lowest BCUT2D eigenvalue weighted by molar-refractivity contribution is -0.149. The fourth-order valence-electron chi connectivity index (χ4n) is 3.57. The molecule has 1 saturated heterocycles. The van der Waals surface area contributed by atoms with Crippen molar-refractivity contribution in [2.24, 2.45) is 17.4 Å². The van der Waals surface area contributed by atoms with Gasteiger partial charge >= 0.3 is 5.97 Å². The van der Waals surface area contributed by atoms with Crippen molar-refractivity contribution in [2.75, 3.05) is 18.8 Å². The number of carbonyl (C=O) groups is 4. The maximum atomic E-state index is 12.9. The molecule has 1 rings (SSSR count). The molecule has 3 amide bonds. The minimum absolute atomic E-state index is 0.00829. The van der Waals surface area contributed by atoms with Crippen LogP contribution in [0.2, 0.25) is 0 Å². The minimum Gasteiger partial charge on any atom is -0.480 e. The van der Waals surface area contributed by atoms with Gasteiger partial charge in [0.25, 0.3) is 0 Å². The SMILES string of the molecule is CC(C)CC(NC(=O)C(N)CCCCN)C(=O)NC(CS)C(=O)N1CCCC1C(=O)O. The molecule has 4 unspecified atom stereocenters. The Balaban J connectivity index is 2.80. The highest BCUT2D eigenvalue weighted by Gasteiger charge is 2.38. The van der Waals surface area contributed by atoms with E-state index >= 15 is 0 Å². The third-order valence-electron chi connectivity index (χ3n) is 5.26. The molecule has 10 nitrogen and oxygen atoms in total. The molecule has 31 heavy (non-hydrogen) atoms. The second-order valence-electron chi connectivity index (χ2n) is 8.35. The maximum absolute atomic E-state index is 12.9. The number of carboxylic acid groups (broad SMARTS) is 1. The Morgan fingerprint density at radius 1 is 1.13 bits per heavy atom. The summed E-state index contributed by atoms with van der Waals surface area (Å²) in [5.41, 5.74) is 11.4. The van der Waals surface area contributed by atoms with Crippen LogP contribution in [-0.4, -0.2) is 76.7 Å². The largest absolute Gasteiger partial charge is 0.480 e. The molecule has 0 aromatic carbocycles. The van der Waals surface area contributed by atoms with Crippen molar-refractivity contribution in [3.8, 4) is 0 Å². The van der Waals surface area contributed by atoms with E-state index in [2.05, 4.69) is 23.3 Å². The van der Waals surface area contributed by atoms with Gasteiger partial charge in [0.1, 0.15) is 18.1 Å². The standard InChI is InChI=1S/C20H37N5O5S/c1-12(2)10-14(23-17(26)13(22)6-3-4-8-21)18(27)24-15(11-31)19(28)25-9-5-7-16(25)20(29)30/h12-16,31H,3-11,21-22H2,1-2H3,(H,23,26)(H,24,27)(H,29,30). The van der Waals surface area contributed by atoms with Crippen LogP contribution in [0.4, 0.5) is 0 Å². The molecule has 0 aromatic rings. The topological polar surface area (TPSA) is 168 Å². The molecule has 178 valence electrons. The Hall–Kier alpha value is -1.85. The number of unbranched alkanes of at least 4 members (excludes halogenated alkanes) is 1. The lowest BCUT2D eigenvalue weighted by Gasteiger charge is -2.28. The minimum atomic E-state index is -1.07. The van der Waals surface area contributed by atoms with Gasteiger partial charge in [-0.05, 0) is 44.6 Å². The van der Waals surface area contributed by atoms with Crippen molar-refractivity contribution < 1.29 is 24.3 Å². The number of nitrogens with one attached hydrogen (secondary N) is 2. The summed E-state index contributed by atoms with van der Waals surface area (Å²) in [5, 5.41) is 14.6. The third-order valence-corrected chi connectivity index (χ3v) is 5.63. The van der Waals surface area contributed by atoms with Crippen molar-refractivity contribution in [3.63, 3.8) is 0 Å². The normalized spacial score (nSPS) is 19.0. The summed E-state index contributed by atoms with van der Waals surface area (Å²) in [6.07, 6.45) is 3.26. The first-order chi connectivity index (χ1) is 14.6. The van der Waals surface area contributed by atoms with Gasteiger partial charge in [-0.25, -0.2) is 4.79 Å². The molecule has 1 fully saturated rings. The number of carbonyl (C=O) groups excluding carboxylic acids is 3. The number of rotatable bonds is 13. The number of carboxylic acids is 1. The summed E-state index contributed by atoms with van der Waals surface area (Å²) in [4.78, 5) is 50.8. The lowest BCUT2D eigenvalue weighted by atomic mass is 10.0. The molecule has 11 heteroatoms. The van der Waals surface area contributed by atoms with Gasteiger partial charge in [-0.2, -0.15) is 12.6 Å². The zero-order valence-electron chi connectivity index (χ0n) is 18.4. The number of nitrogens with zero attached hydrogens (tertiary/aromatic N) is 1. The smallest absolute Gasteiger partial charge is 0.326 e. The van der Waals surface area contributed by atoms with Gasteiger partial charge in [0.15, 0.2) is 0 Å². The van der Waals surface area contributed by atoms with Crippen molar-refractivity contribution >= 4 is 36.3 Å². The molecule has 7 N–H and O–H groups in total. The number of nitrogens with two attached hydrogens (primary N) is 2. The predicted molar refractivity (Wildman–Crippen MR) is 120 cm³/mol. The van der Waals surface area contributed by atoms with Gasteiger partial charge in [0.2, 0.25) is 17.7 Å². The van der Waals surface area contributed by atoms with E-state index in [0.29, 0.717) is 45.2 Å². The predicted octanol–water partition coefficient (Wildman–Crippen LogP) is -0.536. The van der Waals surface area contributed by atoms with Gasteiger partial charge in [0.05, 0.1) is 6.04 Å². The van der Waals surface area contributed by atoms with E-state index in [1.165, 1.54) is 4.90 Å². The molecule has 0 aromatic heterocycles. The summed E-state index contributed by atoms with van der Waals surface area (Å²) >= 11 is 4.16. The molecule has 0 saturated carbocycles. The van der Waals surface area contributed by atoms with Crippen LogP contribution in [0.3, 0.4) is 0 Å². The Labute approximate surface area is 189 Å². The van der Waals surface area contributed by atoms with Crippen molar-refractivity contribution in [1.82, 2.24) is 15.5 Å². The van der Waals surface area contributed by atoms with Crippen LogP contribution in [0.15, 0.2) is 0 Å². The number of thiol groups is 1. The fourth-order valence-corrected chi connectivity index (χ4v) is 3.81. The van der Waals surface area contributed by atoms with E-state index in [1.807, 2.05) is 13.8 Å². The van der Waals surface area contributed by atoms with Crippen molar-refractivity contribution in [1.29, 1.82) is 0 Å². The van der Waals surface area contributed by atoms with E-state index < -0.39 is 47.9 Å². The van der Waals surface area contributed by atoms with Crippen molar-refractivity contribution in [2.45, 2.75) is 76.5 Å². The Kier molecular flexibility index (Phi) is 11.9. The van der Waals surface area contributed by atoms with Crippen LogP contribution in [0.25, 0.3) is 0 Å². The van der Waals surface area contributed by atoms with E-state index in [4.69, 9.17) is 11.5 Å². The number of hydrogen-bond donors (Lipinski definition) is 6. The highest BCUT2D eigenvalue weighted by Crippen LogP contribution is 2.19. The van der Waals surface area contributed by atoms with Crippen LogP contribution in [0, 0.1) is 5.92 Å². The maximum Gasteiger partial charge on any atom is 0.326 e. The Morgan fingerprint density at radius 3 is 2.32 bits per heavy atom. The molecule has 1 heterocycles. The van der Waals surface area contributed by atoms with Crippen LogP contribution in [-0.2, 0) is 19.2 Å². The molecule has 0 radical (unpaired) electrons. The van der Waals surface area contributed by atoms with Gasteiger partial charge in [-0.15, -0.1) is 0 Å². The Bertz CT molecular complexity index is 633. The first-order valence-electron chi connectivity index (χ1n) is 10.8. The summed E-state index contributed by atoms with van der Waals surface area (Å²) < 4.78 is 0. The fraction of sp³-hybridized carbons (Fsp3) is 0.800. The highest BCUT2D eigenvalue weighted by molar-refractivity contribution is 7.80. The van der Waals surface area contributed by atoms with Crippen LogP contribution in [0.1, 0.15) is 52.4 Å². The summed E-state index contributed by atoms with van der Waals surface area (Å²) in [5.74, 6) is -2.39. The average Bonchev–Trinajstić information content (AvgIpc) is 3.20. The number of likely N-dealkylation sites (tertiary alicyclic amines) is 1. The van der Waals surface area contributed by atoms with E-state index in [1.54, 1.807) is 0 Å². The number of amides is 3. The molecule has 1 aliphatic heterocycles. The second-order valence-corrected chi connectivity index (χ2v) is 8.72. The average molecular weight is 460 g/mol. The monoisotopic (exact) mass is 459 g/mol. The highest BCUT2D eigenvalue weighted by atomic mass is 32.1. The van der Waals surface area contributed by atoms with Crippen LogP contribution >= 0.6 is 12.6 Å². The summed E-state index contributed by atoms with van der Waals surface area (Å²) in [6.45, 7) is 4.67. The van der Waals surface area contributed by atoms with Gasteiger partial charge in [-0.1, -0.05) is 20.3 Å². The van der Waals surface area contributed by atoms with E-state index in [0.717, 1.165) is 6.42 Å². The van der Waals surface area contributed by atoms with Crippen LogP contribution < -0.4 is 22.1 Å². The quantitative estimate of drug-likeness (QED) is 0.159. The lowest BCUT2D eigenvalue weighted by Crippen LogP contribution is -2.57. The summed E-state index contributed by atoms with van der Waals surface area (Å²) in [6, 6.07) is -3.50. The van der Waals surface area contributed by atoms with Gasteiger partial charge < -0.3 is 32.1 Å². The number of hydrogen-bond acceptors (Lipinski definition) is 7. The number of aliphatic carboxylic acids is 1. The van der Waals surface area contributed by atoms with E-state index in [-0.39, 0.29) is 11.7 Å². The zero-order valence-corrected chi connectivity index (χ0v) is 19.3. The molecule has 0 bridgehead atoms. The first-order valence-corrected chi connectivity index (χ1v) is 11.5. The molecular formula is C20H37N5O5S. The third kappa shape index (κ3) is 8.66. The molecule has 1 aliphatic rings. The molecular weight excluding hydrogens is 422 g/mol. The first kappa shape index (κ1) is 27.2. The zero-order chi connectivity index (χ0) is 23.6. The van der Waals surface area contributed by atoms with Gasteiger partial charge in [0, 0.05) is 12.3 Å². The van der Waals surface area contributed by atoms with Gasteiger partial charge in [-0.3, -0.25) is 14.4 Å².